The molecule has 1 saturated carbocycles. The Morgan fingerprint density at radius 2 is 2.25 bits per heavy atom. The Morgan fingerprint density at radius 3 is 2.88 bits per heavy atom. The SMILES string of the molecule is O=C(Cc1cc(Cl)ccc1F)C(O)C1CC1. The van der Waals surface area contributed by atoms with Crippen molar-refractivity contribution in [1.29, 1.82) is 0 Å². The van der Waals surface area contributed by atoms with E-state index in [1.54, 1.807) is 0 Å². The normalized spacial score (nSPS) is 17.2. The number of carbonyl (C=O) groups is 1. The standard InChI is InChI=1S/C12H12ClFO2/c13-9-3-4-10(14)8(5-9)6-11(15)12(16)7-1-2-7/h3-5,7,12,16H,1-2,6H2. The number of benzene rings is 1. The van der Waals surface area contributed by atoms with Gasteiger partial charge in [0.1, 0.15) is 11.9 Å². The van der Waals surface area contributed by atoms with Crippen molar-refractivity contribution in [3.8, 4) is 0 Å². The van der Waals surface area contributed by atoms with Crippen molar-refractivity contribution < 1.29 is 14.3 Å². The van der Waals surface area contributed by atoms with Crippen molar-refractivity contribution in [2.24, 2.45) is 5.92 Å². The second-order valence-corrected chi connectivity index (χ2v) is 4.60. The van der Waals surface area contributed by atoms with Crippen molar-refractivity contribution >= 4 is 17.4 Å². The minimum Gasteiger partial charge on any atom is -0.385 e. The van der Waals surface area contributed by atoms with Gasteiger partial charge < -0.3 is 5.11 Å². The first-order chi connectivity index (χ1) is 7.58. The molecule has 1 fully saturated rings. The molecule has 1 N–H and O–H groups in total. The van der Waals surface area contributed by atoms with E-state index < -0.39 is 11.9 Å². The fourth-order valence-corrected chi connectivity index (χ4v) is 1.84. The highest BCUT2D eigenvalue weighted by Crippen LogP contribution is 2.33. The van der Waals surface area contributed by atoms with Crippen molar-refractivity contribution in [3.63, 3.8) is 0 Å². The summed E-state index contributed by atoms with van der Waals surface area (Å²) in [5.74, 6) is -0.709. The summed E-state index contributed by atoms with van der Waals surface area (Å²) >= 11 is 5.71. The van der Waals surface area contributed by atoms with Gasteiger partial charge in [-0.2, -0.15) is 0 Å². The molecule has 0 aromatic heterocycles. The molecule has 1 unspecified atom stereocenters. The van der Waals surface area contributed by atoms with Crippen LogP contribution in [0.15, 0.2) is 18.2 Å². The molecular weight excluding hydrogens is 231 g/mol. The molecule has 86 valence electrons. The molecule has 1 aliphatic rings. The molecule has 0 saturated heterocycles. The predicted octanol–water partition coefficient (Wildman–Crippen LogP) is 2.36. The quantitative estimate of drug-likeness (QED) is 0.880. The van der Waals surface area contributed by atoms with Crippen LogP contribution in [-0.2, 0) is 11.2 Å². The van der Waals surface area contributed by atoms with Crippen LogP contribution in [0.4, 0.5) is 4.39 Å². The van der Waals surface area contributed by atoms with Crippen LogP contribution in [0.5, 0.6) is 0 Å². The lowest BCUT2D eigenvalue weighted by Crippen LogP contribution is -2.24. The average molecular weight is 243 g/mol. The number of halogens is 2. The minimum absolute atomic E-state index is 0.0785. The van der Waals surface area contributed by atoms with Crippen molar-refractivity contribution in [1.82, 2.24) is 0 Å². The molecule has 16 heavy (non-hydrogen) atoms. The Bertz CT molecular complexity index is 415. The lowest BCUT2D eigenvalue weighted by molar-refractivity contribution is -0.127. The molecule has 1 aliphatic carbocycles. The zero-order valence-electron chi connectivity index (χ0n) is 8.62. The van der Waals surface area contributed by atoms with Crippen LogP contribution in [0.2, 0.25) is 5.02 Å². The van der Waals surface area contributed by atoms with Gasteiger partial charge in [-0.25, -0.2) is 4.39 Å². The number of rotatable bonds is 4. The van der Waals surface area contributed by atoms with E-state index in [0.29, 0.717) is 5.02 Å². The number of Topliss-reactive ketones (excluding diaryl/α,β-unsaturated/α-hetero) is 1. The van der Waals surface area contributed by atoms with Gasteiger partial charge in [0.25, 0.3) is 0 Å². The first kappa shape index (κ1) is 11.6. The van der Waals surface area contributed by atoms with E-state index in [2.05, 4.69) is 0 Å². The molecule has 0 heterocycles. The summed E-state index contributed by atoms with van der Waals surface area (Å²) in [6, 6.07) is 4.09. The Labute approximate surface area is 98.0 Å². The predicted molar refractivity (Wildman–Crippen MR) is 58.9 cm³/mol. The summed E-state index contributed by atoms with van der Waals surface area (Å²) in [6.45, 7) is 0. The van der Waals surface area contributed by atoms with E-state index in [-0.39, 0.29) is 23.7 Å². The highest BCUT2D eigenvalue weighted by molar-refractivity contribution is 6.30. The fourth-order valence-electron chi connectivity index (χ4n) is 1.65. The van der Waals surface area contributed by atoms with Crippen LogP contribution in [0.25, 0.3) is 0 Å². The molecule has 0 bridgehead atoms. The van der Waals surface area contributed by atoms with Crippen molar-refractivity contribution in [2.45, 2.75) is 25.4 Å². The molecule has 1 atom stereocenters. The molecule has 1 aromatic carbocycles. The summed E-state index contributed by atoms with van der Waals surface area (Å²) in [4.78, 5) is 11.6. The lowest BCUT2D eigenvalue weighted by Gasteiger charge is -2.08. The highest BCUT2D eigenvalue weighted by Gasteiger charge is 2.34. The van der Waals surface area contributed by atoms with Crippen LogP contribution in [-0.4, -0.2) is 17.0 Å². The van der Waals surface area contributed by atoms with Gasteiger partial charge in [0.2, 0.25) is 0 Å². The fraction of sp³-hybridized carbons (Fsp3) is 0.417. The van der Waals surface area contributed by atoms with Gasteiger partial charge in [-0.1, -0.05) is 11.6 Å². The largest absolute Gasteiger partial charge is 0.385 e. The Morgan fingerprint density at radius 1 is 1.56 bits per heavy atom. The van der Waals surface area contributed by atoms with Gasteiger partial charge in [0.05, 0.1) is 0 Å². The van der Waals surface area contributed by atoms with Gasteiger partial charge in [0, 0.05) is 11.4 Å². The average Bonchev–Trinajstić information content (AvgIpc) is 3.06. The molecular formula is C12H12ClFO2. The number of carbonyl (C=O) groups excluding carboxylic acids is 1. The third kappa shape index (κ3) is 2.60. The summed E-state index contributed by atoms with van der Waals surface area (Å²) in [5, 5.41) is 9.97. The summed E-state index contributed by atoms with van der Waals surface area (Å²) < 4.78 is 13.3. The maximum Gasteiger partial charge on any atom is 0.166 e. The molecule has 4 heteroatoms. The lowest BCUT2D eigenvalue weighted by atomic mass is 10.0. The van der Waals surface area contributed by atoms with Gasteiger partial charge in [-0.3, -0.25) is 4.79 Å². The van der Waals surface area contributed by atoms with Crippen LogP contribution >= 0.6 is 11.6 Å². The van der Waals surface area contributed by atoms with Crippen molar-refractivity contribution in [2.75, 3.05) is 0 Å². The number of ketones is 1. The monoisotopic (exact) mass is 242 g/mol. The van der Waals surface area contributed by atoms with E-state index in [4.69, 9.17) is 11.6 Å². The minimum atomic E-state index is -0.946. The second kappa shape index (κ2) is 4.52. The number of aliphatic hydroxyl groups is 1. The Kier molecular flexibility index (Phi) is 3.26. The van der Waals surface area contributed by atoms with E-state index in [1.165, 1.54) is 18.2 Å². The summed E-state index contributed by atoms with van der Waals surface area (Å²) in [6.07, 6.45) is 0.721. The zero-order chi connectivity index (χ0) is 11.7. The zero-order valence-corrected chi connectivity index (χ0v) is 9.38. The van der Waals surface area contributed by atoms with Crippen LogP contribution in [0, 0.1) is 11.7 Å². The second-order valence-electron chi connectivity index (χ2n) is 4.16. The molecule has 0 amide bonds. The molecule has 2 rings (SSSR count). The number of hydrogen-bond donors (Lipinski definition) is 1. The Hall–Kier alpha value is -0.930. The smallest absolute Gasteiger partial charge is 0.166 e. The summed E-state index contributed by atoms with van der Waals surface area (Å²) in [7, 11) is 0. The van der Waals surface area contributed by atoms with Crippen LogP contribution in [0.3, 0.4) is 0 Å². The van der Waals surface area contributed by atoms with Crippen LogP contribution in [0.1, 0.15) is 18.4 Å². The maximum atomic E-state index is 13.3. The number of aliphatic hydroxyl groups excluding tert-OH is 1. The molecule has 0 aliphatic heterocycles. The van der Waals surface area contributed by atoms with Gasteiger partial charge in [-0.05, 0) is 42.5 Å². The van der Waals surface area contributed by atoms with Gasteiger partial charge in [-0.15, -0.1) is 0 Å². The highest BCUT2D eigenvalue weighted by atomic mass is 35.5. The van der Waals surface area contributed by atoms with E-state index >= 15 is 0 Å². The first-order valence-electron chi connectivity index (χ1n) is 5.22. The molecule has 0 spiro atoms. The molecule has 1 aromatic rings. The van der Waals surface area contributed by atoms with E-state index in [0.717, 1.165) is 12.8 Å². The third-order valence-electron chi connectivity index (χ3n) is 2.77. The molecule has 0 radical (unpaired) electrons. The summed E-state index contributed by atoms with van der Waals surface area (Å²) in [5.41, 5.74) is 0.247. The van der Waals surface area contributed by atoms with Gasteiger partial charge >= 0.3 is 0 Å². The van der Waals surface area contributed by atoms with E-state index in [1.807, 2.05) is 0 Å². The van der Waals surface area contributed by atoms with E-state index in [9.17, 15) is 14.3 Å². The van der Waals surface area contributed by atoms with Crippen molar-refractivity contribution in [3.05, 3.63) is 34.6 Å². The molecule has 2 nitrogen and oxygen atoms in total. The first-order valence-corrected chi connectivity index (χ1v) is 5.60. The third-order valence-corrected chi connectivity index (χ3v) is 3.01. The maximum absolute atomic E-state index is 13.3. The number of hydrogen-bond acceptors (Lipinski definition) is 2. The Balaban J connectivity index is 2.07. The van der Waals surface area contributed by atoms with Crippen LogP contribution < -0.4 is 0 Å². The topological polar surface area (TPSA) is 37.3 Å². The van der Waals surface area contributed by atoms with Gasteiger partial charge in [0.15, 0.2) is 5.78 Å².